The largest absolute Gasteiger partial charge is 0.358 e. The van der Waals surface area contributed by atoms with Crippen LogP contribution >= 0.6 is 11.3 Å². The molecule has 0 saturated carbocycles. The quantitative estimate of drug-likeness (QED) is 0.426. The van der Waals surface area contributed by atoms with Crippen LogP contribution in [0.25, 0.3) is 33.6 Å². The van der Waals surface area contributed by atoms with Gasteiger partial charge in [0.15, 0.2) is 11.6 Å². The van der Waals surface area contributed by atoms with E-state index in [-0.39, 0.29) is 24.3 Å². The second kappa shape index (κ2) is 8.21. The molecule has 1 aromatic carbocycles. The minimum Gasteiger partial charge on any atom is -0.358 e. The average Bonchev–Trinajstić information content (AvgIpc) is 3.58. The molecule has 172 valence electrons. The Bertz CT molecular complexity index is 1510. The van der Waals surface area contributed by atoms with E-state index in [2.05, 4.69) is 31.8 Å². The third kappa shape index (κ3) is 3.50. The van der Waals surface area contributed by atoms with Gasteiger partial charge in [-0.15, -0.1) is 11.3 Å². The number of hydrogen-bond donors (Lipinski definition) is 1. The summed E-state index contributed by atoms with van der Waals surface area (Å²) in [5, 5.41) is 2.00. The third-order valence-corrected chi connectivity index (χ3v) is 7.19. The molecule has 4 aromatic heterocycles. The van der Waals surface area contributed by atoms with Gasteiger partial charge in [0.05, 0.1) is 11.0 Å². The SMILES string of the molecule is C[C@@H]1CN(c2scnc2-c2nc3c(F)cccc3[nH]2)CCN1C(=O)Cn1ccc2cccnc21. The normalized spacial score (nSPS) is 16.6. The number of anilines is 1. The molecule has 0 unspecified atom stereocenters. The van der Waals surface area contributed by atoms with E-state index < -0.39 is 0 Å². The highest BCUT2D eigenvalue weighted by atomic mass is 32.1. The molecule has 1 aliphatic rings. The Kier molecular flexibility index (Phi) is 5.02. The molecule has 5 heterocycles. The minimum atomic E-state index is -0.358. The molecule has 1 atom stereocenters. The van der Waals surface area contributed by atoms with Crippen LogP contribution in [-0.4, -0.2) is 61.0 Å². The number of hydrogen-bond acceptors (Lipinski definition) is 6. The Hall–Kier alpha value is -3.79. The van der Waals surface area contributed by atoms with Gasteiger partial charge in [0, 0.05) is 43.5 Å². The van der Waals surface area contributed by atoms with Gasteiger partial charge in [0.2, 0.25) is 5.91 Å². The number of nitrogens with zero attached hydrogens (tertiary/aromatic N) is 6. The summed E-state index contributed by atoms with van der Waals surface area (Å²) >= 11 is 1.53. The van der Waals surface area contributed by atoms with Gasteiger partial charge in [-0.25, -0.2) is 19.3 Å². The number of aromatic amines is 1. The summed E-state index contributed by atoms with van der Waals surface area (Å²) < 4.78 is 16.0. The number of H-pyrrole nitrogens is 1. The number of imidazole rings is 1. The predicted molar refractivity (Wildman–Crippen MR) is 130 cm³/mol. The van der Waals surface area contributed by atoms with Crippen LogP contribution in [0.4, 0.5) is 9.39 Å². The van der Waals surface area contributed by atoms with Gasteiger partial charge in [0.25, 0.3) is 0 Å². The van der Waals surface area contributed by atoms with Crippen LogP contribution in [0.3, 0.4) is 0 Å². The van der Waals surface area contributed by atoms with E-state index in [9.17, 15) is 9.18 Å². The summed E-state index contributed by atoms with van der Waals surface area (Å²) in [6, 6.07) is 10.8. The van der Waals surface area contributed by atoms with E-state index in [0.29, 0.717) is 42.2 Å². The topological polar surface area (TPSA) is 82.9 Å². The van der Waals surface area contributed by atoms with Gasteiger partial charge in [0.1, 0.15) is 28.4 Å². The number of carbonyl (C=O) groups excluding carboxylic acids is 1. The molecule has 1 aliphatic heterocycles. The number of benzene rings is 1. The van der Waals surface area contributed by atoms with Gasteiger partial charge in [-0.3, -0.25) is 4.79 Å². The van der Waals surface area contributed by atoms with Crippen molar-refractivity contribution in [2.45, 2.75) is 19.5 Å². The zero-order chi connectivity index (χ0) is 23.2. The Balaban J connectivity index is 1.19. The zero-order valence-electron chi connectivity index (χ0n) is 18.5. The number of halogens is 1. The van der Waals surface area contributed by atoms with Crippen molar-refractivity contribution in [3.63, 3.8) is 0 Å². The molecule has 34 heavy (non-hydrogen) atoms. The van der Waals surface area contributed by atoms with Crippen LogP contribution in [0, 0.1) is 5.82 Å². The number of thiazole rings is 1. The average molecular weight is 476 g/mol. The zero-order valence-corrected chi connectivity index (χ0v) is 19.3. The summed E-state index contributed by atoms with van der Waals surface area (Å²) in [6.45, 7) is 4.30. The second-order valence-corrected chi connectivity index (χ2v) is 9.30. The second-order valence-electron chi connectivity index (χ2n) is 8.47. The number of nitrogens with one attached hydrogen (secondary N) is 1. The first-order chi connectivity index (χ1) is 16.6. The van der Waals surface area contributed by atoms with Crippen LogP contribution in [-0.2, 0) is 11.3 Å². The van der Waals surface area contributed by atoms with E-state index in [0.717, 1.165) is 16.0 Å². The number of piperazine rings is 1. The van der Waals surface area contributed by atoms with Crippen LogP contribution in [0.5, 0.6) is 0 Å². The summed E-state index contributed by atoms with van der Waals surface area (Å²) in [6.07, 6.45) is 3.66. The van der Waals surface area contributed by atoms with E-state index in [1.54, 1.807) is 23.8 Å². The Morgan fingerprint density at radius 3 is 2.97 bits per heavy atom. The van der Waals surface area contributed by atoms with Crippen molar-refractivity contribution in [2.75, 3.05) is 24.5 Å². The predicted octanol–water partition coefficient (Wildman–Crippen LogP) is 3.91. The highest BCUT2D eigenvalue weighted by molar-refractivity contribution is 7.14. The number of aromatic nitrogens is 5. The summed E-state index contributed by atoms with van der Waals surface area (Å²) in [7, 11) is 0. The summed E-state index contributed by atoms with van der Waals surface area (Å²) in [5.41, 5.74) is 4.26. The molecule has 1 amide bonds. The lowest BCUT2D eigenvalue weighted by Gasteiger charge is -2.40. The molecular weight excluding hydrogens is 453 g/mol. The Morgan fingerprint density at radius 2 is 2.12 bits per heavy atom. The first-order valence-corrected chi connectivity index (χ1v) is 12.0. The molecule has 0 bridgehead atoms. The van der Waals surface area contributed by atoms with Crippen molar-refractivity contribution in [3.05, 3.63) is 60.1 Å². The monoisotopic (exact) mass is 475 g/mol. The molecule has 6 rings (SSSR count). The van der Waals surface area contributed by atoms with E-state index >= 15 is 0 Å². The molecule has 0 aliphatic carbocycles. The van der Waals surface area contributed by atoms with E-state index in [1.807, 2.05) is 33.9 Å². The summed E-state index contributed by atoms with van der Waals surface area (Å²) in [5.74, 6) is 0.269. The maximum absolute atomic E-state index is 14.1. The number of para-hydroxylation sites is 1. The fourth-order valence-corrected chi connectivity index (χ4v) is 5.47. The molecule has 1 saturated heterocycles. The van der Waals surface area contributed by atoms with Crippen molar-refractivity contribution in [1.82, 2.24) is 29.4 Å². The number of fused-ring (bicyclic) bond motifs is 2. The lowest BCUT2D eigenvalue weighted by atomic mass is 10.2. The summed E-state index contributed by atoms with van der Waals surface area (Å²) in [4.78, 5) is 33.9. The van der Waals surface area contributed by atoms with Crippen molar-refractivity contribution in [2.24, 2.45) is 0 Å². The van der Waals surface area contributed by atoms with Crippen molar-refractivity contribution in [1.29, 1.82) is 0 Å². The van der Waals surface area contributed by atoms with Gasteiger partial charge in [-0.2, -0.15) is 0 Å². The standard InChI is InChI=1S/C24H22FN7OS/c1-15-12-31(10-11-32(15)19(33)13-30-9-7-16-4-3-8-26-23(16)30)24-21(27-14-34-24)22-28-18-6-2-5-17(25)20(18)29-22/h2-9,14-15H,10-13H2,1H3,(H,28,29)/t15-/m1/s1. The van der Waals surface area contributed by atoms with Crippen LogP contribution in [0.15, 0.2) is 54.3 Å². The maximum Gasteiger partial charge on any atom is 0.242 e. The van der Waals surface area contributed by atoms with E-state index in [4.69, 9.17) is 0 Å². The maximum atomic E-state index is 14.1. The van der Waals surface area contributed by atoms with Gasteiger partial charge >= 0.3 is 0 Å². The number of rotatable bonds is 4. The molecule has 8 nitrogen and oxygen atoms in total. The molecule has 5 aromatic rings. The third-order valence-electron chi connectivity index (χ3n) is 6.30. The molecular formula is C24H22FN7OS. The highest BCUT2D eigenvalue weighted by Gasteiger charge is 2.30. The molecule has 0 spiro atoms. The smallest absolute Gasteiger partial charge is 0.242 e. The minimum absolute atomic E-state index is 0.0269. The van der Waals surface area contributed by atoms with Crippen molar-refractivity contribution >= 4 is 44.3 Å². The molecule has 0 radical (unpaired) electrons. The number of pyridine rings is 1. The van der Waals surface area contributed by atoms with Gasteiger partial charge < -0.3 is 19.4 Å². The van der Waals surface area contributed by atoms with Gasteiger partial charge in [-0.1, -0.05) is 6.07 Å². The highest BCUT2D eigenvalue weighted by Crippen LogP contribution is 2.34. The molecule has 10 heteroatoms. The van der Waals surface area contributed by atoms with Crippen molar-refractivity contribution < 1.29 is 9.18 Å². The van der Waals surface area contributed by atoms with Gasteiger partial charge in [-0.05, 0) is 37.3 Å². The van der Waals surface area contributed by atoms with Crippen molar-refractivity contribution in [3.8, 4) is 11.5 Å². The lowest BCUT2D eigenvalue weighted by Crippen LogP contribution is -2.54. The van der Waals surface area contributed by atoms with E-state index in [1.165, 1.54) is 17.4 Å². The molecule has 1 fully saturated rings. The van der Waals surface area contributed by atoms with Crippen LogP contribution in [0.2, 0.25) is 0 Å². The number of amides is 1. The Morgan fingerprint density at radius 1 is 1.21 bits per heavy atom. The number of carbonyl (C=O) groups is 1. The Labute approximate surface area is 198 Å². The fraction of sp³-hybridized carbons (Fsp3) is 0.250. The first kappa shape index (κ1) is 20.8. The lowest BCUT2D eigenvalue weighted by molar-refractivity contribution is -0.134. The van der Waals surface area contributed by atoms with Crippen LogP contribution in [0.1, 0.15) is 6.92 Å². The van der Waals surface area contributed by atoms with Crippen LogP contribution < -0.4 is 4.90 Å². The first-order valence-electron chi connectivity index (χ1n) is 11.1. The fourth-order valence-electron chi connectivity index (χ4n) is 4.63. The molecule has 1 N–H and O–H groups in total.